The number of alkyl carbamates (subject to hydrolysis) is 1. The summed E-state index contributed by atoms with van der Waals surface area (Å²) in [6, 6.07) is 7.27. The van der Waals surface area contributed by atoms with E-state index in [4.69, 9.17) is 4.74 Å². The smallest absolute Gasteiger partial charge is 0.407 e. The van der Waals surface area contributed by atoms with Crippen molar-refractivity contribution in [3.05, 3.63) is 35.9 Å². The SMILES string of the molecule is CC(=O)CC(=O)Nc1ccc(C=CCCNC(=O)OC(C)(C)C)cc1. The Morgan fingerprint density at radius 1 is 1.12 bits per heavy atom. The molecule has 0 aliphatic carbocycles. The number of hydrogen-bond acceptors (Lipinski definition) is 4. The number of anilines is 1. The molecular formula is C19H26N2O4. The van der Waals surface area contributed by atoms with E-state index in [1.54, 1.807) is 12.1 Å². The lowest BCUT2D eigenvalue weighted by Crippen LogP contribution is -2.32. The van der Waals surface area contributed by atoms with Gasteiger partial charge >= 0.3 is 6.09 Å². The molecule has 0 spiro atoms. The van der Waals surface area contributed by atoms with Gasteiger partial charge in [0.05, 0.1) is 6.42 Å². The van der Waals surface area contributed by atoms with Crippen molar-refractivity contribution in [1.82, 2.24) is 5.32 Å². The van der Waals surface area contributed by atoms with E-state index in [2.05, 4.69) is 10.6 Å². The molecule has 0 bridgehead atoms. The maximum Gasteiger partial charge on any atom is 0.407 e. The average Bonchev–Trinajstić information content (AvgIpc) is 2.46. The van der Waals surface area contributed by atoms with Crippen molar-refractivity contribution in [2.45, 2.75) is 46.1 Å². The van der Waals surface area contributed by atoms with Crippen LogP contribution in [0.2, 0.25) is 0 Å². The van der Waals surface area contributed by atoms with Gasteiger partial charge < -0.3 is 15.4 Å². The first kappa shape index (κ1) is 20.4. The van der Waals surface area contributed by atoms with Crippen LogP contribution in [0.5, 0.6) is 0 Å². The number of nitrogens with one attached hydrogen (secondary N) is 2. The predicted molar refractivity (Wildman–Crippen MR) is 98.3 cm³/mol. The van der Waals surface area contributed by atoms with Gasteiger partial charge in [-0.25, -0.2) is 4.79 Å². The summed E-state index contributed by atoms with van der Waals surface area (Å²) in [6.07, 6.45) is 4.01. The molecule has 0 aliphatic heterocycles. The molecular weight excluding hydrogens is 320 g/mol. The van der Waals surface area contributed by atoms with Gasteiger partial charge in [0, 0.05) is 12.2 Å². The summed E-state index contributed by atoms with van der Waals surface area (Å²) in [5, 5.41) is 5.35. The Kier molecular flexibility index (Phi) is 7.85. The van der Waals surface area contributed by atoms with Crippen LogP contribution in [0.3, 0.4) is 0 Å². The summed E-state index contributed by atoms with van der Waals surface area (Å²) in [5.41, 5.74) is 1.12. The Bertz CT molecular complexity index is 628. The molecule has 0 heterocycles. The second-order valence-electron chi connectivity index (χ2n) is 6.67. The molecule has 0 fully saturated rings. The molecule has 0 radical (unpaired) electrons. The third kappa shape index (κ3) is 9.96. The van der Waals surface area contributed by atoms with Crippen molar-refractivity contribution in [1.29, 1.82) is 0 Å². The van der Waals surface area contributed by atoms with Gasteiger partial charge in [-0.2, -0.15) is 0 Å². The third-order valence-corrected chi connectivity index (χ3v) is 2.89. The highest BCUT2D eigenvalue weighted by molar-refractivity contribution is 6.03. The van der Waals surface area contributed by atoms with Gasteiger partial charge in [0.1, 0.15) is 11.4 Å². The Balaban J connectivity index is 2.35. The zero-order valence-electron chi connectivity index (χ0n) is 15.2. The number of carbonyl (C=O) groups excluding carboxylic acids is 3. The molecule has 0 unspecified atom stereocenters. The van der Waals surface area contributed by atoms with Crippen LogP contribution in [0.25, 0.3) is 6.08 Å². The molecule has 1 rings (SSSR count). The summed E-state index contributed by atoms with van der Waals surface area (Å²) in [5.74, 6) is -0.485. The van der Waals surface area contributed by atoms with Gasteiger partial charge in [0.25, 0.3) is 0 Å². The summed E-state index contributed by atoms with van der Waals surface area (Å²) >= 11 is 0. The minimum absolute atomic E-state index is 0.119. The van der Waals surface area contributed by atoms with E-state index in [1.165, 1.54) is 6.92 Å². The molecule has 25 heavy (non-hydrogen) atoms. The number of Topliss-reactive ketones (excluding diaryl/α,β-unsaturated/α-hetero) is 1. The van der Waals surface area contributed by atoms with Gasteiger partial charge in [0.15, 0.2) is 0 Å². The first-order valence-electron chi connectivity index (χ1n) is 8.18. The molecule has 1 aromatic rings. The van der Waals surface area contributed by atoms with Crippen LogP contribution in [0.1, 0.15) is 46.1 Å². The van der Waals surface area contributed by atoms with Crippen LogP contribution >= 0.6 is 0 Å². The quantitative estimate of drug-likeness (QED) is 0.584. The molecule has 0 saturated carbocycles. The van der Waals surface area contributed by atoms with E-state index in [-0.39, 0.29) is 18.1 Å². The number of benzene rings is 1. The molecule has 0 aliphatic rings. The number of amides is 2. The van der Waals surface area contributed by atoms with Crippen LogP contribution < -0.4 is 10.6 Å². The van der Waals surface area contributed by atoms with E-state index >= 15 is 0 Å². The van der Waals surface area contributed by atoms with Crippen molar-refractivity contribution >= 4 is 29.5 Å². The van der Waals surface area contributed by atoms with Crippen molar-refractivity contribution in [2.75, 3.05) is 11.9 Å². The summed E-state index contributed by atoms with van der Waals surface area (Å²) in [4.78, 5) is 33.9. The van der Waals surface area contributed by atoms with Crippen LogP contribution in [-0.4, -0.2) is 29.9 Å². The molecule has 2 amide bonds. The molecule has 0 aromatic heterocycles. The number of hydrogen-bond donors (Lipinski definition) is 2. The zero-order chi connectivity index (χ0) is 18.9. The van der Waals surface area contributed by atoms with Crippen LogP contribution in [0.4, 0.5) is 10.5 Å². The number of rotatable bonds is 7. The molecule has 0 saturated heterocycles. The Labute approximate surface area is 148 Å². The zero-order valence-corrected chi connectivity index (χ0v) is 15.2. The summed E-state index contributed by atoms with van der Waals surface area (Å²) in [7, 11) is 0. The fourth-order valence-corrected chi connectivity index (χ4v) is 1.90. The first-order chi connectivity index (χ1) is 11.7. The Morgan fingerprint density at radius 3 is 2.32 bits per heavy atom. The first-order valence-corrected chi connectivity index (χ1v) is 8.18. The number of ether oxygens (including phenoxy) is 1. The minimum Gasteiger partial charge on any atom is -0.444 e. The summed E-state index contributed by atoms with van der Waals surface area (Å²) < 4.78 is 5.14. The standard InChI is InChI=1S/C19H26N2O4/c1-14(22)13-17(23)21-16-10-8-15(9-11-16)7-5-6-12-20-18(24)25-19(2,3)4/h5,7-11H,6,12-13H2,1-4H3,(H,20,24)(H,21,23). The Hall–Kier alpha value is -2.63. The molecule has 1 aromatic carbocycles. The maximum atomic E-state index is 11.5. The lowest BCUT2D eigenvalue weighted by Gasteiger charge is -2.19. The predicted octanol–water partition coefficient (Wildman–Crippen LogP) is 3.53. The molecule has 6 heteroatoms. The van der Waals surface area contributed by atoms with E-state index in [0.717, 1.165) is 5.56 Å². The van der Waals surface area contributed by atoms with Gasteiger partial charge in [-0.1, -0.05) is 24.3 Å². The summed E-state index contributed by atoms with van der Waals surface area (Å²) in [6.45, 7) is 7.33. The monoisotopic (exact) mass is 346 g/mol. The van der Waals surface area contributed by atoms with E-state index in [9.17, 15) is 14.4 Å². The van der Waals surface area contributed by atoms with Crippen LogP contribution in [0.15, 0.2) is 30.3 Å². The fraction of sp³-hybridized carbons (Fsp3) is 0.421. The highest BCUT2D eigenvalue weighted by Gasteiger charge is 2.15. The van der Waals surface area contributed by atoms with Crippen molar-refractivity contribution in [3.8, 4) is 0 Å². The normalized spacial score (nSPS) is 11.2. The minimum atomic E-state index is -0.499. The van der Waals surface area contributed by atoms with Gasteiger partial charge in [0.2, 0.25) is 5.91 Å². The third-order valence-electron chi connectivity index (χ3n) is 2.89. The largest absolute Gasteiger partial charge is 0.444 e. The molecule has 136 valence electrons. The highest BCUT2D eigenvalue weighted by Crippen LogP contribution is 2.11. The van der Waals surface area contributed by atoms with Crippen molar-refractivity contribution in [2.24, 2.45) is 0 Å². The second-order valence-corrected chi connectivity index (χ2v) is 6.67. The number of ketones is 1. The van der Waals surface area contributed by atoms with Crippen molar-refractivity contribution in [3.63, 3.8) is 0 Å². The molecule has 2 N–H and O–H groups in total. The molecule has 0 atom stereocenters. The van der Waals surface area contributed by atoms with Gasteiger partial charge in [-0.05, 0) is 51.8 Å². The number of carbonyl (C=O) groups is 3. The highest BCUT2D eigenvalue weighted by atomic mass is 16.6. The van der Waals surface area contributed by atoms with Crippen LogP contribution in [0, 0.1) is 0 Å². The topological polar surface area (TPSA) is 84.5 Å². The molecule has 6 nitrogen and oxygen atoms in total. The second kappa shape index (κ2) is 9.61. The van der Waals surface area contributed by atoms with E-state index in [1.807, 2.05) is 45.1 Å². The lowest BCUT2D eigenvalue weighted by molar-refractivity contribution is -0.124. The van der Waals surface area contributed by atoms with E-state index < -0.39 is 11.7 Å². The fourth-order valence-electron chi connectivity index (χ4n) is 1.90. The van der Waals surface area contributed by atoms with Gasteiger partial charge in [-0.15, -0.1) is 0 Å². The van der Waals surface area contributed by atoms with E-state index in [0.29, 0.717) is 18.7 Å². The van der Waals surface area contributed by atoms with Crippen molar-refractivity contribution < 1.29 is 19.1 Å². The maximum absolute atomic E-state index is 11.5. The average molecular weight is 346 g/mol. The Morgan fingerprint density at radius 2 is 1.76 bits per heavy atom. The lowest BCUT2D eigenvalue weighted by atomic mass is 10.1. The van der Waals surface area contributed by atoms with Crippen LogP contribution in [-0.2, 0) is 14.3 Å². The van der Waals surface area contributed by atoms with Gasteiger partial charge in [-0.3, -0.25) is 9.59 Å².